The fraction of sp³-hybridized carbons (Fsp3) is 1.00. The second kappa shape index (κ2) is 8.23. The van der Waals surface area contributed by atoms with Crippen LogP contribution in [0.4, 0.5) is 0 Å². The Morgan fingerprint density at radius 3 is 2.42 bits per heavy atom. The molecule has 19 heavy (non-hydrogen) atoms. The van der Waals surface area contributed by atoms with Crippen molar-refractivity contribution in [1.82, 2.24) is 9.80 Å². The zero-order chi connectivity index (χ0) is 13.5. The van der Waals surface area contributed by atoms with Crippen LogP contribution in [-0.4, -0.2) is 62.3 Å². The molecule has 0 spiro atoms. The Kier molecular flexibility index (Phi) is 6.62. The summed E-state index contributed by atoms with van der Waals surface area (Å²) in [7, 11) is 2.33. The summed E-state index contributed by atoms with van der Waals surface area (Å²) in [5, 5.41) is 0. The van der Waals surface area contributed by atoms with Crippen LogP contribution in [0.25, 0.3) is 0 Å². The molecule has 2 aliphatic rings. The van der Waals surface area contributed by atoms with Crippen molar-refractivity contribution in [2.75, 3.05) is 46.4 Å². The quantitative estimate of drug-likeness (QED) is 0.736. The zero-order valence-electron chi connectivity index (χ0n) is 12.9. The van der Waals surface area contributed by atoms with Crippen molar-refractivity contribution in [2.45, 2.75) is 51.5 Å². The number of piperidine rings is 1. The first kappa shape index (κ1) is 15.3. The molecule has 0 saturated carbocycles. The van der Waals surface area contributed by atoms with E-state index in [1.54, 1.807) is 0 Å². The topological polar surface area (TPSA) is 15.7 Å². The lowest BCUT2D eigenvalue weighted by molar-refractivity contribution is 0.0565. The van der Waals surface area contributed by atoms with Crippen molar-refractivity contribution < 1.29 is 4.74 Å². The van der Waals surface area contributed by atoms with E-state index in [1.807, 2.05) is 0 Å². The molecule has 0 aliphatic carbocycles. The van der Waals surface area contributed by atoms with E-state index in [4.69, 9.17) is 4.74 Å². The number of hydrogen-bond donors (Lipinski definition) is 0. The maximum atomic E-state index is 5.44. The second-order valence-electron chi connectivity index (χ2n) is 6.40. The molecule has 0 bridgehead atoms. The summed E-state index contributed by atoms with van der Waals surface area (Å²) in [5.74, 6) is 0.913. The molecule has 0 amide bonds. The van der Waals surface area contributed by atoms with Gasteiger partial charge in [0.25, 0.3) is 0 Å². The molecule has 0 unspecified atom stereocenters. The molecule has 0 aromatic heterocycles. The molecular weight excluding hydrogens is 236 g/mol. The third-order valence-electron chi connectivity index (χ3n) is 4.95. The van der Waals surface area contributed by atoms with Crippen molar-refractivity contribution in [3.63, 3.8) is 0 Å². The minimum atomic E-state index is 0.827. The third kappa shape index (κ3) is 5.05. The Labute approximate surface area is 119 Å². The highest BCUT2D eigenvalue weighted by Crippen LogP contribution is 2.21. The van der Waals surface area contributed by atoms with Crippen molar-refractivity contribution in [1.29, 1.82) is 0 Å². The molecule has 2 fully saturated rings. The molecule has 0 aromatic carbocycles. The van der Waals surface area contributed by atoms with Gasteiger partial charge in [-0.1, -0.05) is 6.92 Å². The molecule has 2 heterocycles. The van der Waals surface area contributed by atoms with E-state index in [-0.39, 0.29) is 0 Å². The summed E-state index contributed by atoms with van der Waals surface area (Å²) in [5.41, 5.74) is 0. The van der Waals surface area contributed by atoms with Gasteiger partial charge in [0, 0.05) is 19.3 Å². The highest BCUT2D eigenvalue weighted by atomic mass is 16.5. The Morgan fingerprint density at radius 1 is 1.11 bits per heavy atom. The Balaban J connectivity index is 1.62. The largest absolute Gasteiger partial charge is 0.381 e. The lowest BCUT2D eigenvalue weighted by Crippen LogP contribution is -2.44. The minimum absolute atomic E-state index is 0.827. The maximum Gasteiger partial charge on any atom is 0.0468 e. The first-order chi connectivity index (χ1) is 9.29. The Bertz CT molecular complexity index is 233. The number of rotatable bonds is 6. The second-order valence-corrected chi connectivity index (χ2v) is 6.40. The fourth-order valence-corrected chi connectivity index (χ4v) is 3.50. The van der Waals surface area contributed by atoms with E-state index in [1.165, 1.54) is 64.7 Å². The van der Waals surface area contributed by atoms with Gasteiger partial charge in [-0.25, -0.2) is 0 Å². The summed E-state index contributed by atoms with van der Waals surface area (Å²) >= 11 is 0. The zero-order valence-corrected chi connectivity index (χ0v) is 12.9. The molecule has 2 saturated heterocycles. The van der Waals surface area contributed by atoms with Gasteiger partial charge in [-0.2, -0.15) is 0 Å². The molecule has 0 aromatic rings. The monoisotopic (exact) mass is 268 g/mol. The minimum Gasteiger partial charge on any atom is -0.381 e. The van der Waals surface area contributed by atoms with Gasteiger partial charge in [-0.05, 0) is 77.7 Å². The molecule has 2 aliphatic heterocycles. The smallest absolute Gasteiger partial charge is 0.0468 e. The van der Waals surface area contributed by atoms with Crippen LogP contribution in [0.15, 0.2) is 0 Å². The van der Waals surface area contributed by atoms with Gasteiger partial charge >= 0.3 is 0 Å². The summed E-state index contributed by atoms with van der Waals surface area (Å²) in [4.78, 5) is 5.25. The van der Waals surface area contributed by atoms with E-state index >= 15 is 0 Å². The van der Waals surface area contributed by atoms with Crippen LogP contribution in [0.2, 0.25) is 0 Å². The summed E-state index contributed by atoms with van der Waals surface area (Å²) in [6, 6.07) is 0.827. The van der Waals surface area contributed by atoms with Crippen LogP contribution in [0.5, 0.6) is 0 Å². The molecule has 3 nitrogen and oxygen atoms in total. The van der Waals surface area contributed by atoms with Gasteiger partial charge in [0.1, 0.15) is 0 Å². The lowest BCUT2D eigenvalue weighted by Gasteiger charge is -2.37. The van der Waals surface area contributed by atoms with Crippen LogP contribution in [-0.2, 0) is 4.74 Å². The average Bonchev–Trinajstić information content (AvgIpc) is 2.47. The van der Waals surface area contributed by atoms with Crippen LogP contribution >= 0.6 is 0 Å². The fourth-order valence-electron chi connectivity index (χ4n) is 3.50. The molecule has 0 radical (unpaired) electrons. The standard InChI is InChI=1S/C16H32N2O/c1-3-9-18-11-5-16(6-12-18)17(2)10-4-15-7-13-19-14-8-15/h15-16H,3-14H2,1-2H3. The van der Waals surface area contributed by atoms with Gasteiger partial charge in [0.2, 0.25) is 0 Å². The van der Waals surface area contributed by atoms with Crippen LogP contribution in [0, 0.1) is 5.92 Å². The first-order valence-electron chi connectivity index (χ1n) is 8.30. The molecule has 0 atom stereocenters. The Morgan fingerprint density at radius 2 is 1.79 bits per heavy atom. The lowest BCUT2D eigenvalue weighted by atomic mass is 9.95. The van der Waals surface area contributed by atoms with Crippen molar-refractivity contribution in [3.8, 4) is 0 Å². The van der Waals surface area contributed by atoms with Gasteiger partial charge in [0.15, 0.2) is 0 Å². The maximum absolute atomic E-state index is 5.44. The predicted molar refractivity (Wildman–Crippen MR) is 80.5 cm³/mol. The van der Waals surface area contributed by atoms with Crippen molar-refractivity contribution >= 4 is 0 Å². The average molecular weight is 268 g/mol. The van der Waals surface area contributed by atoms with Crippen LogP contribution in [0.3, 0.4) is 0 Å². The Hall–Kier alpha value is -0.120. The van der Waals surface area contributed by atoms with Gasteiger partial charge in [0.05, 0.1) is 0 Å². The predicted octanol–water partition coefficient (Wildman–Crippen LogP) is 2.61. The molecule has 3 heteroatoms. The summed E-state index contributed by atoms with van der Waals surface area (Å²) in [6.45, 7) is 9.45. The van der Waals surface area contributed by atoms with Gasteiger partial charge in [-0.3, -0.25) is 0 Å². The number of ether oxygens (including phenoxy) is 1. The number of nitrogens with zero attached hydrogens (tertiary/aromatic N) is 2. The first-order valence-corrected chi connectivity index (χ1v) is 8.30. The van der Waals surface area contributed by atoms with Crippen LogP contribution < -0.4 is 0 Å². The molecule has 2 rings (SSSR count). The highest BCUT2D eigenvalue weighted by molar-refractivity contribution is 4.78. The third-order valence-corrected chi connectivity index (χ3v) is 4.95. The van der Waals surface area contributed by atoms with Gasteiger partial charge in [-0.15, -0.1) is 0 Å². The van der Waals surface area contributed by atoms with Gasteiger partial charge < -0.3 is 14.5 Å². The van der Waals surface area contributed by atoms with E-state index in [9.17, 15) is 0 Å². The van der Waals surface area contributed by atoms with Crippen molar-refractivity contribution in [3.05, 3.63) is 0 Å². The summed E-state index contributed by atoms with van der Waals surface area (Å²) < 4.78 is 5.44. The summed E-state index contributed by atoms with van der Waals surface area (Å²) in [6.07, 6.45) is 7.96. The number of hydrogen-bond acceptors (Lipinski definition) is 3. The van der Waals surface area contributed by atoms with E-state index < -0.39 is 0 Å². The normalized spacial score (nSPS) is 24.2. The van der Waals surface area contributed by atoms with Crippen molar-refractivity contribution in [2.24, 2.45) is 5.92 Å². The van der Waals surface area contributed by atoms with E-state index in [2.05, 4.69) is 23.8 Å². The molecule has 0 N–H and O–H groups in total. The molecular formula is C16H32N2O. The van der Waals surface area contributed by atoms with E-state index in [0.717, 1.165) is 25.2 Å². The molecule has 112 valence electrons. The van der Waals surface area contributed by atoms with E-state index in [0.29, 0.717) is 0 Å². The van der Waals surface area contributed by atoms with Crippen LogP contribution in [0.1, 0.15) is 45.4 Å². The SMILES string of the molecule is CCCN1CCC(N(C)CCC2CCOCC2)CC1. The number of likely N-dealkylation sites (tertiary alicyclic amines) is 1. The highest BCUT2D eigenvalue weighted by Gasteiger charge is 2.22.